The summed E-state index contributed by atoms with van der Waals surface area (Å²) in [5.41, 5.74) is 4.00. The largest absolute Gasteiger partial charge is 0.129 e. The summed E-state index contributed by atoms with van der Waals surface area (Å²) in [5.74, 6) is 0. The van der Waals surface area contributed by atoms with Gasteiger partial charge in [0.05, 0.1) is 0 Å². The smallest absolute Gasteiger partial charge is 0.0148 e. The molecule has 76 valence electrons. The van der Waals surface area contributed by atoms with Gasteiger partial charge in [0.1, 0.15) is 0 Å². The molecule has 0 bridgehead atoms. The number of hydrogen-bond acceptors (Lipinski definition) is 1. The molecule has 0 saturated carbocycles. The predicted octanol–water partition coefficient (Wildman–Crippen LogP) is 4.38. The van der Waals surface area contributed by atoms with E-state index in [9.17, 15) is 0 Å². The second-order valence-electron chi connectivity index (χ2n) is 3.52. The van der Waals surface area contributed by atoms with Crippen LogP contribution in [0.4, 0.5) is 0 Å². The van der Waals surface area contributed by atoms with Gasteiger partial charge in [-0.15, -0.1) is 11.8 Å². The summed E-state index contributed by atoms with van der Waals surface area (Å²) in [6.45, 7) is 2.16. The van der Waals surface area contributed by atoms with Crippen molar-refractivity contribution in [3.63, 3.8) is 0 Å². The zero-order chi connectivity index (χ0) is 10.7. The molecule has 0 saturated heterocycles. The topological polar surface area (TPSA) is 0 Å². The minimum atomic E-state index is 1.33. The van der Waals surface area contributed by atoms with Gasteiger partial charge in [0, 0.05) is 4.90 Å². The van der Waals surface area contributed by atoms with E-state index >= 15 is 0 Å². The molecule has 0 atom stereocenters. The Labute approximate surface area is 95.3 Å². The van der Waals surface area contributed by atoms with Crippen LogP contribution >= 0.6 is 11.8 Å². The predicted molar refractivity (Wildman–Crippen MR) is 68.4 cm³/mol. The molecule has 0 aliphatic rings. The Morgan fingerprint density at radius 1 is 0.800 bits per heavy atom. The molecule has 0 amide bonds. The van der Waals surface area contributed by atoms with Crippen molar-refractivity contribution in [2.75, 3.05) is 6.26 Å². The second-order valence-corrected chi connectivity index (χ2v) is 4.36. The molecular weight excluding hydrogens is 200 g/mol. The molecule has 0 heterocycles. The van der Waals surface area contributed by atoms with Gasteiger partial charge in [-0.3, -0.25) is 0 Å². The van der Waals surface area contributed by atoms with Crippen LogP contribution in [-0.4, -0.2) is 6.26 Å². The minimum absolute atomic E-state index is 1.33. The fourth-order valence-corrected chi connectivity index (χ4v) is 2.35. The summed E-state index contributed by atoms with van der Waals surface area (Å²) in [7, 11) is 0. The summed E-state index contributed by atoms with van der Waals surface area (Å²) >= 11 is 1.80. The molecule has 0 fully saturated rings. The molecule has 0 aliphatic carbocycles. The van der Waals surface area contributed by atoms with Crippen LogP contribution in [0.3, 0.4) is 0 Å². The van der Waals surface area contributed by atoms with Gasteiger partial charge < -0.3 is 0 Å². The fourth-order valence-electron chi connectivity index (χ4n) is 1.74. The van der Waals surface area contributed by atoms with Crippen LogP contribution in [0.25, 0.3) is 11.1 Å². The van der Waals surface area contributed by atoms with Crippen molar-refractivity contribution in [3.05, 3.63) is 54.1 Å². The highest BCUT2D eigenvalue weighted by Crippen LogP contribution is 2.31. The highest BCUT2D eigenvalue weighted by atomic mass is 32.2. The third kappa shape index (κ3) is 2.07. The first-order valence-corrected chi connectivity index (χ1v) is 6.24. The molecule has 0 nitrogen and oxygen atoms in total. The van der Waals surface area contributed by atoms with Crippen LogP contribution in [0, 0.1) is 6.92 Å². The molecule has 2 rings (SSSR count). The molecule has 2 aromatic carbocycles. The normalized spacial score (nSPS) is 10.3. The number of hydrogen-bond donors (Lipinski definition) is 0. The molecule has 0 aromatic heterocycles. The van der Waals surface area contributed by atoms with Crippen LogP contribution in [-0.2, 0) is 0 Å². The van der Waals surface area contributed by atoms with E-state index in [2.05, 4.69) is 61.7 Å². The Morgan fingerprint density at radius 3 is 2.07 bits per heavy atom. The van der Waals surface area contributed by atoms with Gasteiger partial charge in [0.15, 0.2) is 0 Å². The Morgan fingerprint density at radius 2 is 1.40 bits per heavy atom. The lowest BCUT2D eigenvalue weighted by atomic mass is 10.0. The lowest BCUT2D eigenvalue weighted by molar-refractivity contribution is 1.39. The van der Waals surface area contributed by atoms with Crippen molar-refractivity contribution < 1.29 is 0 Å². The molecule has 0 N–H and O–H groups in total. The molecule has 0 aliphatic heterocycles. The average molecular weight is 214 g/mol. The molecule has 0 radical (unpaired) electrons. The lowest BCUT2D eigenvalue weighted by Crippen LogP contribution is -1.84. The van der Waals surface area contributed by atoms with Gasteiger partial charge in [-0.2, -0.15) is 0 Å². The van der Waals surface area contributed by atoms with Gasteiger partial charge in [0.25, 0.3) is 0 Å². The fraction of sp³-hybridized carbons (Fsp3) is 0.143. The van der Waals surface area contributed by atoms with Gasteiger partial charge in [0.2, 0.25) is 0 Å². The SMILES string of the molecule is CSc1ccccc1-c1ccccc1C. The quantitative estimate of drug-likeness (QED) is 0.668. The van der Waals surface area contributed by atoms with Gasteiger partial charge in [-0.25, -0.2) is 0 Å². The van der Waals surface area contributed by atoms with E-state index in [1.54, 1.807) is 11.8 Å². The highest BCUT2D eigenvalue weighted by Gasteiger charge is 2.04. The van der Waals surface area contributed by atoms with Crippen molar-refractivity contribution in [2.24, 2.45) is 0 Å². The van der Waals surface area contributed by atoms with E-state index in [0.717, 1.165) is 0 Å². The van der Waals surface area contributed by atoms with Crippen LogP contribution < -0.4 is 0 Å². The van der Waals surface area contributed by atoms with Crippen LogP contribution in [0.2, 0.25) is 0 Å². The standard InChI is InChI=1S/C14H14S/c1-11-7-3-4-8-12(11)13-9-5-6-10-14(13)15-2/h3-10H,1-2H3. The summed E-state index contributed by atoms with van der Waals surface area (Å²) in [6, 6.07) is 17.1. The summed E-state index contributed by atoms with van der Waals surface area (Å²) < 4.78 is 0. The van der Waals surface area contributed by atoms with Gasteiger partial charge in [-0.1, -0.05) is 42.5 Å². The van der Waals surface area contributed by atoms with Crippen LogP contribution in [0.15, 0.2) is 53.4 Å². The number of rotatable bonds is 2. The number of thioether (sulfide) groups is 1. The van der Waals surface area contributed by atoms with E-state index in [4.69, 9.17) is 0 Å². The number of benzene rings is 2. The Hall–Kier alpha value is -1.21. The van der Waals surface area contributed by atoms with Gasteiger partial charge >= 0.3 is 0 Å². The van der Waals surface area contributed by atoms with Crippen molar-refractivity contribution >= 4 is 11.8 Å². The van der Waals surface area contributed by atoms with Gasteiger partial charge in [-0.05, 0) is 35.9 Å². The Kier molecular flexibility index (Phi) is 3.12. The van der Waals surface area contributed by atoms with E-state index in [0.29, 0.717) is 0 Å². The summed E-state index contributed by atoms with van der Waals surface area (Å²) in [4.78, 5) is 1.34. The van der Waals surface area contributed by atoms with E-state index in [-0.39, 0.29) is 0 Å². The van der Waals surface area contributed by atoms with Crippen molar-refractivity contribution in [3.8, 4) is 11.1 Å². The molecule has 1 heteroatoms. The molecule has 0 unspecified atom stereocenters. The first kappa shape index (κ1) is 10.3. The van der Waals surface area contributed by atoms with Crippen LogP contribution in [0.1, 0.15) is 5.56 Å². The van der Waals surface area contributed by atoms with E-state index in [1.807, 2.05) is 0 Å². The van der Waals surface area contributed by atoms with Crippen molar-refractivity contribution in [2.45, 2.75) is 11.8 Å². The molecular formula is C14H14S. The average Bonchev–Trinajstić information content (AvgIpc) is 2.30. The zero-order valence-electron chi connectivity index (χ0n) is 9.03. The highest BCUT2D eigenvalue weighted by molar-refractivity contribution is 7.98. The van der Waals surface area contributed by atoms with Crippen LogP contribution in [0.5, 0.6) is 0 Å². The molecule has 15 heavy (non-hydrogen) atoms. The summed E-state index contributed by atoms with van der Waals surface area (Å²) in [5, 5.41) is 0. The lowest BCUT2D eigenvalue weighted by Gasteiger charge is -2.09. The molecule has 0 spiro atoms. The maximum Gasteiger partial charge on any atom is 0.0148 e. The third-order valence-electron chi connectivity index (χ3n) is 2.54. The minimum Gasteiger partial charge on any atom is -0.129 e. The third-order valence-corrected chi connectivity index (χ3v) is 3.34. The maximum atomic E-state index is 2.19. The Balaban J connectivity index is 2.59. The van der Waals surface area contributed by atoms with E-state index in [1.165, 1.54) is 21.6 Å². The maximum absolute atomic E-state index is 2.19. The van der Waals surface area contributed by atoms with E-state index < -0.39 is 0 Å². The van der Waals surface area contributed by atoms with Crippen molar-refractivity contribution in [1.29, 1.82) is 0 Å². The zero-order valence-corrected chi connectivity index (χ0v) is 9.84. The molecule has 2 aromatic rings. The summed E-state index contributed by atoms with van der Waals surface area (Å²) in [6.07, 6.45) is 2.12. The first-order valence-electron chi connectivity index (χ1n) is 5.02. The number of aryl methyl sites for hydroxylation is 1. The van der Waals surface area contributed by atoms with Crippen molar-refractivity contribution in [1.82, 2.24) is 0 Å². The second kappa shape index (κ2) is 4.54. The monoisotopic (exact) mass is 214 g/mol. The Bertz CT molecular complexity index is 460. The first-order chi connectivity index (χ1) is 7.33.